The maximum absolute atomic E-state index is 11.9. The molecular weight excluding hydrogens is 293 g/mol. The van der Waals surface area contributed by atoms with Gasteiger partial charge in [0.05, 0.1) is 6.42 Å². The van der Waals surface area contributed by atoms with Crippen molar-refractivity contribution in [2.45, 2.75) is 12.6 Å². The molecule has 21 heavy (non-hydrogen) atoms. The molecule has 116 valence electrons. The molecule has 0 aromatic heterocycles. The number of carboxylic acid groups (broad SMARTS) is 1. The summed E-state index contributed by atoms with van der Waals surface area (Å²) in [6.07, 6.45) is -5.46. The molecule has 0 aliphatic heterocycles. The van der Waals surface area contributed by atoms with Gasteiger partial charge in [-0.3, -0.25) is 0 Å². The smallest absolute Gasteiger partial charge is 0.390 e. The average Bonchev–Trinajstić information content (AvgIpc) is 2.35. The van der Waals surface area contributed by atoms with Crippen LogP contribution in [0.4, 0.5) is 23.7 Å². The fraction of sp³-hybridized carbons (Fsp3) is 0.333. The van der Waals surface area contributed by atoms with Crippen LogP contribution in [0.3, 0.4) is 0 Å². The van der Waals surface area contributed by atoms with Crippen molar-refractivity contribution in [1.29, 1.82) is 0 Å². The largest absolute Gasteiger partial charge is 0.482 e. The molecule has 0 bridgehead atoms. The summed E-state index contributed by atoms with van der Waals surface area (Å²) in [5.41, 5.74) is 0.266. The highest BCUT2D eigenvalue weighted by atomic mass is 19.4. The van der Waals surface area contributed by atoms with Crippen molar-refractivity contribution < 1.29 is 32.6 Å². The Hall–Kier alpha value is -2.45. The van der Waals surface area contributed by atoms with Crippen molar-refractivity contribution in [2.24, 2.45) is 0 Å². The molecule has 1 rings (SSSR count). The van der Waals surface area contributed by atoms with Gasteiger partial charge in [-0.2, -0.15) is 13.2 Å². The lowest BCUT2D eigenvalue weighted by Gasteiger charge is -2.10. The highest BCUT2D eigenvalue weighted by Gasteiger charge is 2.26. The Labute approximate surface area is 117 Å². The molecule has 0 aliphatic rings. The highest BCUT2D eigenvalue weighted by Crippen LogP contribution is 2.19. The molecule has 0 unspecified atom stereocenters. The summed E-state index contributed by atoms with van der Waals surface area (Å²) >= 11 is 0. The zero-order valence-electron chi connectivity index (χ0n) is 10.7. The summed E-state index contributed by atoms with van der Waals surface area (Å²) in [6.45, 7) is -1.08. The Bertz CT molecular complexity index is 506. The first kappa shape index (κ1) is 16.6. The number of carbonyl (C=O) groups excluding carboxylic acids is 1. The van der Waals surface area contributed by atoms with Crippen molar-refractivity contribution in [3.63, 3.8) is 0 Å². The number of hydrogen-bond donors (Lipinski definition) is 3. The van der Waals surface area contributed by atoms with Gasteiger partial charge in [-0.25, -0.2) is 9.59 Å². The van der Waals surface area contributed by atoms with Crippen LogP contribution in [0.5, 0.6) is 5.75 Å². The molecule has 0 spiro atoms. The Morgan fingerprint density at radius 2 is 2.00 bits per heavy atom. The van der Waals surface area contributed by atoms with Gasteiger partial charge >= 0.3 is 18.2 Å². The van der Waals surface area contributed by atoms with Crippen molar-refractivity contribution in [3.05, 3.63) is 24.3 Å². The number of aliphatic carboxylic acids is 1. The van der Waals surface area contributed by atoms with Gasteiger partial charge < -0.3 is 20.5 Å². The fourth-order valence-electron chi connectivity index (χ4n) is 1.30. The molecule has 2 amide bonds. The minimum atomic E-state index is -4.34. The highest BCUT2D eigenvalue weighted by molar-refractivity contribution is 5.89. The summed E-state index contributed by atoms with van der Waals surface area (Å²) in [4.78, 5) is 21.7. The number of carboxylic acids is 1. The van der Waals surface area contributed by atoms with Crippen LogP contribution in [0, 0.1) is 0 Å². The van der Waals surface area contributed by atoms with Gasteiger partial charge in [-0.05, 0) is 12.1 Å². The van der Waals surface area contributed by atoms with Crippen LogP contribution in [-0.2, 0) is 4.79 Å². The van der Waals surface area contributed by atoms with E-state index in [1.807, 2.05) is 0 Å². The molecule has 0 heterocycles. The van der Waals surface area contributed by atoms with E-state index in [2.05, 4.69) is 10.6 Å². The summed E-state index contributed by atoms with van der Waals surface area (Å²) in [5, 5.41) is 12.8. The van der Waals surface area contributed by atoms with Crippen LogP contribution in [0.25, 0.3) is 0 Å². The second-order valence-corrected chi connectivity index (χ2v) is 3.96. The number of rotatable bonds is 6. The molecule has 6 nitrogen and oxygen atoms in total. The molecular formula is C12H13F3N2O4. The number of carbonyl (C=O) groups is 2. The maximum Gasteiger partial charge on any atom is 0.390 e. The van der Waals surface area contributed by atoms with E-state index in [0.717, 1.165) is 0 Å². The molecule has 0 aliphatic carbocycles. The minimum absolute atomic E-state index is 0.213. The summed E-state index contributed by atoms with van der Waals surface area (Å²) in [5.74, 6) is -0.941. The Balaban J connectivity index is 2.45. The summed E-state index contributed by atoms with van der Waals surface area (Å²) in [7, 11) is 0. The number of nitrogens with one attached hydrogen (secondary N) is 2. The van der Waals surface area contributed by atoms with Crippen molar-refractivity contribution in [1.82, 2.24) is 5.32 Å². The average molecular weight is 306 g/mol. The van der Waals surface area contributed by atoms with Crippen LogP contribution in [-0.4, -0.2) is 36.4 Å². The molecule has 0 radical (unpaired) electrons. The molecule has 0 saturated heterocycles. The Morgan fingerprint density at radius 3 is 2.62 bits per heavy atom. The first-order chi connectivity index (χ1) is 9.76. The van der Waals surface area contributed by atoms with E-state index < -0.39 is 37.7 Å². The number of amides is 2. The van der Waals surface area contributed by atoms with Crippen LogP contribution in [0.15, 0.2) is 24.3 Å². The molecule has 1 aromatic rings. The lowest BCUT2D eigenvalue weighted by molar-refractivity contribution is -0.139. The van der Waals surface area contributed by atoms with Gasteiger partial charge in [-0.1, -0.05) is 6.07 Å². The predicted molar refractivity (Wildman–Crippen MR) is 67.3 cm³/mol. The molecule has 0 saturated carbocycles. The standard InChI is InChI=1S/C12H13F3N2O4/c13-12(14,15)4-5-16-11(20)17-8-2-1-3-9(6-8)21-7-10(18)19/h1-3,6H,4-5,7H2,(H,18,19)(H2,16,17,20). The van der Waals surface area contributed by atoms with Crippen LogP contribution in [0.2, 0.25) is 0 Å². The summed E-state index contributed by atoms with van der Waals surface area (Å²) < 4.78 is 40.6. The number of hydrogen-bond acceptors (Lipinski definition) is 3. The zero-order valence-corrected chi connectivity index (χ0v) is 10.7. The van der Waals surface area contributed by atoms with E-state index in [4.69, 9.17) is 9.84 Å². The normalized spacial score (nSPS) is 10.8. The SMILES string of the molecule is O=C(O)COc1cccc(NC(=O)NCCC(F)(F)F)c1. The number of benzene rings is 1. The van der Waals surface area contributed by atoms with Gasteiger partial charge in [0.15, 0.2) is 6.61 Å². The molecule has 0 atom stereocenters. The van der Waals surface area contributed by atoms with E-state index in [1.165, 1.54) is 24.3 Å². The Kier molecular flexibility index (Phi) is 5.82. The van der Waals surface area contributed by atoms with Crippen molar-refractivity contribution in [3.8, 4) is 5.75 Å². The molecule has 9 heteroatoms. The predicted octanol–water partition coefficient (Wildman–Crippen LogP) is 2.22. The van der Waals surface area contributed by atoms with Gasteiger partial charge in [0.2, 0.25) is 0 Å². The lowest BCUT2D eigenvalue weighted by atomic mass is 10.3. The molecule has 0 fully saturated rings. The first-order valence-electron chi connectivity index (χ1n) is 5.82. The van der Waals surface area contributed by atoms with Crippen LogP contribution in [0.1, 0.15) is 6.42 Å². The number of urea groups is 1. The fourth-order valence-corrected chi connectivity index (χ4v) is 1.30. The van der Waals surface area contributed by atoms with E-state index >= 15 is 0 Å². The molecule has 3 N–H and O–H groups in total. The van der Waals surface area contributed by atoms with Crippen LogP contribution < -0.4 is 15.4 Å². The van der Waals surface area contributed by atoms with E-state index in [0.29, 0.717) is 0 Å². The van der Waals surface area contributed by atoms with Gasteiger partial charge in [0, 0.05) is 18.3 Å². The third-order valence-electron chi connectivity index (χ3n) is 2.15. The second-order valence-electron chi connectivity index (χ2n) is 3.96. The lowest BCUT2D eigenvalue weighted by Crippen LogP contribution is -2.31. The Morgan fingerprint density at radius 1 is 1.29 bits per heavy atom. The number of ether oxygens (including phenoxy) is 1. The monoisotopic (exact) mass is 306 g/mol. The number of anilines is 1. The topological polar surface area (TPSA) is 87.7 Å². The van der Waals surface area contributed by atoms with Gasteiger partial charge in [0.1, 0.15) is 5.75 Å². The van der Waals surface area contributed by atoms with Gasteiger partial charge in [-0.15, -0.1) is 0 Å². The quantitative estimate of drug-likeness (QED) is 0.752. The molecule has 1 aromatic carbocycles. The summed E-state index contributed by atoms with van der Waals surface area (Å²) in [6, 6.07) is 5.02. The van der Waals surface area contributed by atoms with E-state index in [9.17, 15) is 22.8 Å². The second kappa shape index (κ2) is 7.36. The van der Waals surface area contributed by atoms with E-state index in [-0.39, 0.29) is 11.4 Å². The van der Waals surface area contributed by atoms with Crippen molar-refractivity contribution >= 4 is 17.7 Å². The number of halogens is 3. The maximum atomic E-state index is 11.9. The number of alkyl halides is 3. The third-order valence-corrected chi connectivity index (χ3v) is 2.15. The van der Waals surface area contributed by atoms with Crippen molar-refractivity contribution in [2.75, 3.05) is 18.5 Å². The van der Waals surface area contributed by atoms with Crippen LogP contribution >= 0.6 is 0 Å². The zero-order chi connectivity index (χ0) is 15.9. The van der Waals surface area contributed by atoms with Gasteiger partial charge in [0.25, 0.3) is 0 Å². The first-order valence-corrected chi connectivity index (χ1v) is 5.82. The minimum Gasteiger partial charge on any atom is -0.482 e. The van der Waals surface area contributed by atoms with E-state index in [1.54, 1.807) is 0 Å². The third kappa shape index (κ3) is 7.65.